The van der Waals surface area contributed by atoms with Crippen LogP contribution in [0.3, 0.4) is 0 Å². The Hall–Kier alpha value is -2.79. The fourth-order valence-electron chi connectivity index (χ4n) is 2.99. The number of benzene rings is 1. The van der Waals surface area contributed by atoms with Crippen molar-refractivity contribution in [2.45, 2.75) is 10.8 Å². The molecule has 162 valence electrons. The Morgan fingerprint density at radius 2 is 1.87 bits per heavy atom. The molecule has 0 saturated carbocycles. The average molecular weight is 460 g/mol. The van der Waals surface area contributed by atoms with Crippen molar-refractivity contribution in [3.8, 4) is 11.5 Å². The summed E-state index contributed by atoms with van der Waals surface area (Å²) in [6.45, 7) is 1.76. The van der Waals surface area contributed by atoms with Gasteiger partial charge in [-0.1, -0.05) is 0 Å². The van der Waals surface area contributed by atoms with Gasteiger partial charge in [-0.2, -0.15) is 4.31 Å². The van der Waals surface area contributed by atoms with Crippen LogP contribution in [0.15, 0.2) is 65.1 Å². The van der Waals surface area contributed by atoms with E-state index in [1.807, 2.05) is 0 Å². The number of sulfonamides is 1. The van der Waals surface area contributed by atoms with E-state index < -0.39 is 10.0 Å². The van der Waals surface area contributed by atoms with Crippen molar-refractivity contribution >= 4 is 27.3 Å². The van der Waals surface area contributed by atoms with E-state index in [1.54, 1.807) is 60.9 Å². The number of nitrogens with zero attached hydrogens (tertiary/aromatic N) is 2. The molecule has 3 heterocycles. The van der Waals surface area contributed by atoms with Crippen molar-refractivity contribution < 1.29 is 22.7 Å². The highest BCUT2D eigenvalue weighted by atomic mass is 32.2. The first-order chi connectivity index (χ1) is 15.0. The number of amides is 1. The molecule has 0 radical (unpaired) electrons. The number of ether oxygens (including phenoxy) is 2. The second kappa shape index (κ2) is 9.56. The number of carbonyl (C=O) groups excluding carboxylic acids is 1. The summed E-state index contributed by atoms with van der Waals surface area (Å²) < 4.78 is 38.0. The molecule has 1 aliphatic heterocycles. The van der Waals surface area contributed by atoms with Crippen LogP contribution in [0, 0.1) is 0 Å². The first kappa shape index (κ1) is 21.4. The van der Waals surface area contributed by atoms with E-state index in [-0.39, 0.29) is 16.7 Å². The highest BCUT2D eigenvalue weighted by Crippen LogP contribution is 2.26. The average Bonchev–Trinajstić information content (AvgIpc) is 3.29. The van der Waals surface area contributed by atoms with Crippen LogP contribution < -0.4 is 10.1 Å². The molecule has 0 aliphatic carbocycles. The second-order valence-corrected chi connectivity index (χ2v) is 10.1. The predicted octanol–water partition coefficient (Wildman–Crippen LogP) is 2.89. The molecule has 0 spiro atoms. The molecule has 1 aromatic carbocycles. The minimum atomic E-state index is -3.52. The van der Waals surface area contributed by atoms with Gasteiger partial charge in [-0.3, -0.25) is 9.78 Å². The van der Waals surface area contributed by atoms with Gasteiger partial charge in [0.05, 0.1) is 26.0 Å². The number of hydrogen-bond donors (Lipinski definition) is 1. The lowest BCUT2D eigenvalue weighted by Crippen LogP contribution is -2.40. The van der Waals surface area contributed by atoms with Crippen molar-refractivity contribution in [1.82, 2.24) is 14.6 Å². The summed E-state index contributed by atoms with van der Waals surface area (Å²) in [5.41, 5.74) is 0.483. The van der Waals surface area contributed by atoms with Crippen LogP contribution in [0.4, 0.5) is 0 Å². The fraction of sp³-hybridized carbons (Fsp3) is 0.238. The Labute approximate surface area is 184 Å². The van der Waals surface area contributed by atoms with Gasteiger partial charge in [0.25, 0.3) is 15.9 Å². The van der Waals surface area contributed by atoms with Gasteiger partial charge in [0.2, 0.25) is 0 Å². The normalized spacial score (nSPS) is 14.8. The number of morpholine rings is 1. The Balaban J connectivity index is 1.34. The SMILES string of the molecule is O=C(NCc1ccc(S(=O)(=O)N2CCOCC2)s1)c1ccc(Oc2cccnc2)cc1. The summed E-state index contributed by atoms with van der Waals surface area (Å²) >= 11 is 1.16. The molecule has 31 heavy (non-hydrogen) atoms. The molecule has 1 N–H and O–H groups in total. The zero-order valence-electron chi connectivity index (χ0n) is 16.6. The third kappa shape index (κ3) is 5.28. The molecule has 1 aliphatic rings. The summed E-state index contributed by atoms with van der Waals surface area (Å²) in [6, 6.07) is 13.6. The smallest absolute Gasteiger partial charge is 0.252 e. The van der Waals surface area contributed by atoms with Crippen molar-refractivity contribution in [2.24, 2.45) is 0 Å². The van der Waals surface area contributed by atoms with Gasteiger partial charge in [0.1, 0.15) is 15.7 Å². The molecule has 10 heteroatoms. The van der Waals surface area contributed by atoms with E-state index in [0.29, 0.717) is 43.4 Å². The van der Waals surface area contributed by atoms with Gasteiger partial charge in [-0.15, -0.1) is 11.3 Å². The van der Waals surface area contributed by atoms with Gasteiger partial charge in [0, 0.05) is 29.7 Å². The maximum Gasteiger partial charge on any atom is 0.252 e. The number of rotatable bonds is 7. The maximum atomic E-state index is 12.7. The number of aromatic nitrogens is 1. The molecule has 4 rings (SSSR count). The lowest BCUT2D eigenvalue weighted by molar-refractivity contribution is 0.0731. The largest absolute Gasteiger partial charge is 0.456 e. The highest BCUT2D eigenvalue weighted by Gasteiger charge is 2.27. The molecule has 1 saturated heterocycles. The Morgan fingerprint density at radius 3 is 2.58 bits per heavy atom. The molecule has 1 fully saturated rings. The zero-order chi connectivity index (χ0) is 21.7. The third-order valence-electron chi connectivity index (χ3n) is 4.61. The minimum absolute atomic E-state index is 0.246. The Morgan fingerprint density at radius 1 is 1.10 bits per heavy atom. The second-order valence-electron chi connectivity index (χ2n) is 6.74. The van der Waals surface area contributed by atoms with Gasteiger partial charge < -0.3 is 14.8 Å². The van der Waals surface area contributed by atoms with Crippen LogP contribution in [0.2, 0.25) is 0 Å². The lowest BCUT2D eigenvalue weighted by Gasteiger charge is -2.25. The number of pyridine rings is 1. The van der Waals surface area contributed by atoms with Crippen molar-refractivity contribution in [3.05, 3.63) is 71.4 Å². The molecular weight excluding hydrogens is 438 g/mol. The first-order valence-electron chi connectivity index (χ1n) is 9.65. The molecule has 3 aromatic rings. The zero-order valence-corrected chi connectivity index (χ0v) is 18.2. The van der Waals surface area contributed by atoms with Crippen molar-refractivity contribution in [3.63, 3.8) is 0 Å². The van der Waals surface area contributed by atoms with Gasteiger partial charge >= 0.3 is 0 Å². The van der Waals surface area contributed by atoms with Crippen LogP contribution in [0.5, 0.6) is 11.5 Å². The molecule has 0 unspecified atom stereocenters. The minimum Gasteiger partial charge on any atom is -0.456 e. The number of thiophene rings is 1. The van der Waals surface area contributed by atoms with Crippen molar-refractivity contribution in [1.29, 1.82) is 0 Å². The highest BCUT2D eigenvalue weighted by molar-refractivity contribution is 7.91. The monoisotopic (exact) mass is 459 g/mol. The summed E-state index contributed by atoms with van der Waals surface area (Å²) in [5.74, 6) is 0.958. The third-order valence-corrected chi connectivity index (χ3v) is 8.06. The molecule has 0 bridgehead atoms. The number of carbonyl (C=O) groups is 1. The summed E-state index contributed by atoms with van der Waals surface area (Å²) in [5, 5.41) is 2.82. The predicted molar refractivity (Wildman–Crippen MR) is 116 cm³/mol. The van der Waals surface area contributed by atoms with E-state index >= 15 is 0 Å². The van der Waals surface area contributed by atoms with Crippen LogP contribution in [0.1, 0.15) is 15.2 Å². The van der Waals surface area contributed by atoms with Crippen molar-refractivity contribution in [2.75, 3.05) is 26.3 Å². The van der Waals surface area contributed by atoms with Gasteiger partial charge in [0.15, 0.2) is 0 Å². The molecule has 2 aromatic heterocycles. The Bertz CT molecular complexity index is 1130. The molecule has 0 atom stereocenters. The van der Waals surface area contributed by atoms with Crippen LogP contribution in [-0.4, -0.2) is 49.9 Å². The fourth-order valence-corrected chi connectivity index (χ4v) is 5.85. The topological polar surface area (TPSA) is 97.8 Å². The summed E-state index contributed by atoms with van der Waals surface area (Å²) in [7, 11) is -3.52. The molecule has 8 nitrogen and oxygen atoms in total. The quantitative estimate of drug-likeness (QED) is 0.584. The van der Waals surface area contributed by atoms with Crippen LogP contribution in [-0.2, 0) is 21.3 Å². The van der Waals surface area contributed by atoms with E-state index in [2.05, 4.69) is 10.3 Å². The van der Waals surface area contributed by atoms with E-state index in [9.17, 15) is 13.2 Å². The summed E-state index contributed by atoms with van der Waals surface area (Å²) in [6.07, 6.45) is 3.27. The maximum absolute atomic E-state index is 12.7. The van der Waals surface area contributed by atoms with E-state index in [0.717, 1.165) is 16.2 Å². The van der Waals surface area contributed by atoms with E-state index in [4.69, 9.17) is 9.47 Å². The van der Waals surface area contributed by atoms with Crippen LogP contribution in [0.25, 0.3) is 0 Å². The molecule has 1 amide bonds. The Kier molecular flexibility index (Phi) is 6.62. The number of hydrogen-bond acceptors (Lipinski definition) is 7. The van der Waals surface area contributed by atoms with Crippen LogP contribution >= 0.6 is 11.3 Å². The number of nitrogens with one attached hydrogen (secondary N) is 1. The molecular formula is C21H21N3O5S2. The lowest BCUT2D eigenvalue weighted by atomic mass is 10.2. The van der Waals surface area contributed by atoms with E-state index in [1.165, 1.54) is 4.31 Å². The summed E-state index contributed by atoms with van der Waals surface area (Å²) in [4.78, 5) is 17.2. The standard InChI is InChI=1S/C21H21N3O5S2/c25-21(16-3-5-17(6-4-16)29-18-2-1-9-22-14-18)23-15-19-7-8-20(30-19)31(26,27)24-10-12-28-13-11-24/h1-9,14H,10-13,15H2,(H,23,25). The van der Waals surface area contributed by atoms with Gasteiger partial charge in [-0.25, -0.2) is 8.42 Å². The first-order valence-corrected chi connectivity index (χ1v) is 11.9. The van der Waals surface area contributed by atoms with Gasteiger partial charge in [-0.05, 0) is 48.5 Å².